The molecule has 0 aromatic carbocycles. The fourth-order valence-corrected chi connectivity index (χ4v) is 1.52. The summed E-state index contributed by atoms with van der Waals surface area (Å²) >= 11 is 0. The zero-order valence-electron chi connectivity index (χ0n) is 10.3. The number of ether oxygens (including phenoxy) is 3. The van der Waals surface area contributed by atoms with E-state index in [1.807, 2.05) is 26.8 Å². The van der Waals surface area contributed by atoms with Crippen LogP contribution in [0.1, 0.15) is 33.6 Å². The van der Waals surface area contributed by atoms with E-state index < -0.39 is 5.79 Å². The Morgan fingerprint density at radius 1 is 1.07 bits per heavy atom. The van der Waals surface area contributed by atoms with Crippen LogP contribution in [0.2, 0.25) is 0 Å². The standard InChI is InChI=1S/C12H24O3/c1-5-9-12(14-7-3,15-8-4)10-11-13-6-2/h5H,1,6-11H2,2-4H3. The van der Waals surface area contributed by atoms with Crippen molar-refractivity contribution in [3.8, 4) is 0 Å². The zero-order valence-corrected chi connectivity index (χ0v) is 10.3. The van der Waals surface area contributed by atoms with Crippen LogP contribution in [0.15, 0.2) is 12.7 Å². The molecule has 0 aliphatic carbocycles. The van der Waals surface area contributed by atoms with Crippen LogP contribution in [0.4, 0.5) is 0 Å². The van der Waals surface area contributed by atoms with Crippen LogP contribution in [0.3, 0.4) is 0 Å². The van der Waals surface area contributed by atoms with Crippen molar-refractivity contribution in [3.05, 3.63) is 12.7 Å². The Morgan fingerprint density at radius 3 is 2.07 bits per heavy atom. The Kier molecular flexibility index (Phi) is 8.67. The van der Waals surface area contributed by atoms with Crippen molar-refractivity contribution in [2.24, 2.45) is 0 Å². The van der Waals surface area contributed by atoms with E-state index in [2.05, 4.69) is 6.58 Å². The highest BCUT2D eigenvalue weighted by molar-refractivity contribution is 4.81. The Bertz CT molecular complexity index is 151. The summed E-state index contributed by atoms with van der Waals surface area (Å²) in [5.74, 6) is -0.541. The van der Waals surface area contributed by atoms with E-state index in [0.717, 1.165) is 13.0 Å². The lowest BCUT2D eigenvalue weighted by atomic mass is 10.1. The minimum atomic E-state index is -0.541. The maximum absolute atomic E-state index is 5.68. The van der Waals surface area contributed by atoms with E-state index in [-0.39, 0.29) is 0 Å². The monoisotopic (exact) mass is 216 g/mol. The van der Waals surface area contributed by atoms with Gasteiger partial charge in [0.25, 0.3) is 0 Å². The van der Waals surface area contributed by atoms with Crippen molar-refractivity contribution in [2.75, 3.05) is 26.4 Å². The number of rotatable bonds is 10. The fraction of sp³-hybridized carbons (Fsp3) is 0.833. The maximum atomic E-state index is 5.68. The smallest absolute Gasteiger partial charge is 0.173 e. The fourth-order valence-electron chi connectivity index (χ4n) is 1.52. The average molecular weight is 216 g/mol. The van der Waals surface area contributed by atoms with Gasteiger partial charge in [-0.1, -0.05) is 6.08 Å². The van der Waals surface area contributed by atoms with Crippen LogP contribution in [0.25, 0.3) is 0 Å². The molecule has 0 bridgehead atoms. The second-order valence-corrected chi connectivity index (χ2v) is 3.22. The molecule has 0 unspecified atom stereocenters. The summed E-state index contributed by atoms with van der Waals surface area (Å²) in [6.45, 7) is 12.3. The first-order valence-corrected chi connectivity index (χ1v) is 5.71. The van der Waals surface area contributed by atoms with Crippen LogP contribution >= 0.6 is 0 Å². The number of hydrogen-bond donors (Lipinski definition) is 0. The van der Waals surface area contributed by atoms with Crippen LogP contribution < -0.4 is 0 Å². The van der Waals surface area contributed by atoms with Gasteiger partial charge in [0.2, 0.25) is 0 Å². The molecule has 0 radical (unpaired) electrons. The first-order chi connectivity index (χ1) is 7.24. The lowest BCUT2D eigenvalue weighted by Gasteiger charge is -2.32. The molecule has 0 aromatic heterocycles. The largest absolute Gasteiger partial charge is 0.382 e. The zero-order chi connectivity index (χ0) is 11.6. The normalized spacial score (nSPS) is 11.7. The third-order valence-electron chi connectivity index (χ3n) is 2.10. The third-order valence-corrected chi connectivity index (χ3v) is 2.10. The first-order valence-electron chi connectivity index (χ1n) is 5.71. The Balaban J connectivity index is 4.24. The quantitative estimate of drug-likeness (QED) is 0.319. The molecule has 0 aliphatic rings. The lowest BCUT2D eigenvalue weighted by Crippen LogP contribution is -2.37. The molecule has 90 valence electrons. The minimum absolute atomic E-state index is 0.541. The van der Waals surface area contributed by atoms with Gasteiger partial charge >= 0.3 is 0 Å². The molecule has 3 heteroatoms. The van der Waals surface area contributed by atoms with Crippen molar-refractivity contribution in [3.63, 3.8) is 0 Å². The SMILES string of the molecule is C=CCC(CCOCC)(OCC)OCC. The van der Waals surface area contributed by atoms with Crippen molar-refractivity contribution in [1.82, 2.24) is 0 Å². The summed E-state index contributed by atoms with van der Waals surface area (Å²) in [6.07, 6.45) is 3.27. The molecule has 15 heavy (non-hydrogen) atoms. The molecule has 0 rings (SSSR count). The molecule has 0 aliphatic heterocycles. The maximum Gasteiger partial charge on any atom is 0.173 e. The molecule has 0 spiro atoms. The molecule has 0 N–H and O–H groups in total. The van der Waals surface area contributed by atoms with Gasteiger partial charge in [0.05, 0.1) is 6.61 Å². The predicted molar refractivity (Wildman–Crippen MR) is 61.9 cm³/mol. The molecule has 0 aromatic rings. The van der Waals surface area contributed by atoms with E-state index in [1.54, 1.807) is 0 Å². The van der Waals surface area contributed by atoms with E-state index in [4.69, 9.17) is 14.2 Å². The summed E-state index contributed by atoms with van der Waals surface area (Å²) in [4.78, 5) is 0. The molecule has 0 heterocycles. The Labute approximate surface area is 93.4 Å². The third kappa shape index (κ3) is 5.92. The van der Waals surface area contributed by atoms with Crippen molar-refractivity contribution >= 4 is 0 Å². The van der Waals surface area contributed by atoms with E-state index in [9.17, 15) is 0 Å². The molecular weight excluding hydrogens is 192 g/mol. The van der Waals surface area contributed by atoms with Crippen LogP contribution in [-0.4, -0.2) is 32.2 Å². The summed E-state index contributed by atoms with van der Waals surface area (Å²) < 4.78 is 16.7. The van der Waals surface area contributed by atoms with Gasteiger partial charge in [-0.3, -0.25) is 0 Å². The van der Waals surface area contributed by atoms with Crippen molar-refractivity contribution < 1.29 is 14.2 Å². The number of hydrogen-bond acceptors (Lipinski definition) is 3. The van der Waals surface area contributed by atoms with Gasteiger partial charge in [0.15, 0.2) is 5.79 Å². The molecule has 0 atom stereocenters. The topological polar surface area (TPSA) is 27.7 Å². The van der Waals surface area contributed by atoms with Crippen LogP contribution in [0, 0.1) is 0 Å². The van der Waals surface area contributed by atoms with Crippen LogP contribution in [0.5, 0.6) is 0 Å². The highest BCUT2D eigenvalue weighted by Crippen LogP contribution is 2.23. The summed E-state index contributed by atoms with van der Waals surface area (Å²) in [5.41, 5.74) is 0. The van der Waals surface area contributed by atoms with Crippen LogP contribution in [-0.2, 0) is 14.2 Å². The molecule has 0 saturated carbocycles. The summed E-state index contributed by atoms with van der Waals surface area (Å²) in [7, 11) is 0. The molecule has 0 amide bonds. The predicted octanol–water partition coefficient (Wildman–Crippen LogP) is 2.76. The molecular formula is C12H24O3. The molecule has 3 nitrogen and oxygen atoms in total. The first kappa shape index (κ1) is 14.6. The van der Waals surface area contributed by atoms with Gasteiger partial charge in [-0.25, -0.2) is 0 Å². The summed E-state index contributed by atoms with van der Waals surface area (Å²) in [6, 6.07) is 0. The van der Waals surface area contributed by atoms with E-state index in [0.29, 0.717) is 26.2 Å². The van der Waals surface area contributed by atoms with E-state index in [1.165, 1.54) is 0 Å². The Hall–Kier alpha value is -0.380. The Morgan fingerprint density at radius 2 is 1.67 bits per heavy atom. The minimum Gasteiger partial charge on any atom is -0.382 e. The summed E-state index contributed by atoms with van der Waals surface area (Å²) in [5, 5.41) is 0. The van der Waals surface area contributed by atoms with Gasteiger partial charge in [-0.2, -0.15) is 0 Å². The van der Waals surface area contributed by atoms with Gasteiger partial charge in [0, 0.05) is 32.7 Å². The highest BCUT2D eigenvalue weighted by Gasteiger charge is 2.29. The molecule has 0 fully saturated rings. The molecule has 0 saturated heterocycles. The van der Waals surface area contributed by atoms with E-state index >= 15 is 0 Å². The lowest BCUT2D eigenvalue weighted by molar-refractivity contribution is -0.239. The van der Waals surface area contributed by atoms with Gasteiger partial charge in [0.1, 0.15) is 0 Å². The van der Waals surface area contributed by atoms with Gasteiger partial charge in [-0.15, -0.1) is 6.58 Å². The second-order valence-electron chi connectivity index (χ2n) is 3.22. The average Bonchev–Trinajstić information content (AvgIpc) is 2.19. The van der Waals surface area contributed by atoms with Gasteiger partial charge in [-0.05, 0) is 20.8 Å². The van der Waals surface area contributed by atoms with Crippen molar-refractivity contribution in [2.45, 2.75) is 39.4 Å². The second kappa shape index (κ2) is 8.89. The highest BCUT2D eigenvalue weighted by atomic mass is 16.7. The van der Waals surface area contributed by atoms with Gasteiger partial charge < -0.3 is 14.2 Å². The van der Waals surface area contributed by atoms with Crippen molar-refractivity contribution in [1.29, 1.82) is 0 Å².